The number of ether oxygens (including phenoxy) is 1. The molecule has 0 N–H and O–H groups in total. The summed E-state index contributed by atoms with van der Waals surface area (Å²) in [6, 6.07) is 3.87. The van der Waals surface area contributed by atoms with Gasteiger partial charge in [0, 0.05) is 31.4 Å². The summed E-state index contributed by atoms with van der Waals surface area (Å²) in [5, 5.41) is 2.00. The predicted octanol–water partition coefficient (Wildman–Crippen LogP) is 1.52. The molecule has 2 atom stereocenters. The summed E-state index contributed by atoms with van der Waals surface area (Å²) in [7, 11) is 1.81. The lowest BCUT2D eigenvalue weighted by Crippen LogP contribution is -2.50. The van der Waals surface area contributed by atoms with E-state index in [-0.39, 0.29) is 23.8 Å². The minimum Gasteiger partial charge on any atom is -0.378 e. The molecule has 0 saturated carbocycles. The first-order chi connectivity index (χ1) is 10.2. The second-order valence-corrected chi connectivity index (χ2v) is 6.53. The highest BCUT2D eigenvalue weighted by molar-refractivity contribution is 7.10. The summed E-state index contributed by atoms with van der Waals surface area (Å²) in [5.41, 5.74) is 0. The Kier molecular flexibility index (Phi) is 4.26. The summed E-state index contributed by atoms with van der Waals surface area (Å²) >= 11 is 1.61. The van der Waals surface area contributed by atoms with Crippen LogP contribution in [0.5, 0.6) is 0 Å². The second kappa shape index (κ2) is 6.15. The standard InChI is InChI=1S/C15H20N2O3S/c1-16-13(18)5-4-11(14(16)12-3-2-10-21-12)15(19)17-6-8-20-9-7-17/h2-3,10-11,14H,4-9H2,1H3/t11-,14-/m1/s1. The van der Waals surface area contributed by atoms with Gasteiger partial charge >= 0.3 is 0 Å². The highest BCUT2D eigenvalue weighted by Gasteiger charge is 2.41. The first kappa shape index (κ1) is 14.5. The van der Waals surface area contributed by atoms with Crippen molar-refractivity contribution < 1.29 is 14.3 Å². The zero-order chi connectivity index (χ0) is 14.8. The molecule has 114 valence electrons. The van der Waals surface area contributed by atoms with E-state index in [1.165, 1.54) is 0 Å². The third kappa shape index (κ3) is 2.82. The van der Waals surface area contributed by atoms with Crippen LogP contribution < -0.4 is 0 Å². The monoisotopic (exact) mass is 308 g/mol. The van der Waals surface area contributed by atoms with Crippen LogP contribution in [0.2, 0.25) is 0 Å². The van der Waals surface area contributed by atoms with Crippen LogP contribution in [0.1, 0.15) is 23.8 Å². The van der Waals surface area contributed by atoms with E-state index in [1.54, 1.807) is 16.2 Å². The zero-order valence-electron chi connectivity index (χ0n) is 12.2. The lowest BCUT2D eigenvalue weighted by atomic mass is 9.86. The number of likely N-dealkylation sites (tertiary alicyclic amines) is 1. The van der Waals surface area contributed by atoms with Crippen molar-refractivity contribution in [3.8, 4) is 0 Å². The molecule has 0 radical (unpaired) electrons. The Labute approximate surface area is 128 Å². The zero-order valence-corrected chi connectivity index (χ0v) is 13.0. The SMILES string of the molecule is CN1C(=O)CC[C@@H](C(=O)N2CCOCC2)[C@@H]1c1cccs1. The predicted molar refractivity (Wildman–Crippen MR) is 80.0 cm³/mol. The number of thiophene rings is 1. The van der Waals surface area contributed by atoms with Gasteiger partial charge in [-0.2, -0.15) is 0 Å². The molecule has 6 heteroatoms. The number of carbonyl (C=O) groups is 2. The molecule has 1 aromatic rings. The number of hydrogen-bond donors (Lipinski definition) is 0. The van der Waals surface area contributed by atoms with Gasteiger partial charge in [0.05, 0.1) is 25.2 Å². The summed E-state index contributed by atoms with van der Waals surface area (Å²) < 4.78 is 5.32. The van der Waals surface area contributed by atoms with Crippen molar-refractivity contribution in [1.82, 2.24) is 9.80 Å². The molecule has 2 saturated heterocycles. The van der Waals surface area contributed by atoms with E-state index >= 15 is 0 Å². The number of piperidine rings is 1. The fourth-order valence-corrected chi connectivity index (χ4v) is 4.10. The number of carbonyl (C=O) groups excluding carboxylic acids is 2. The van der Waals surface area contributed by atoms with E-state index in [0.29, 0.717) is 39.1 Å². The Bertz CT molecular complexity index is 511. The average Bonchev–Trinajstić information content (AvgIpc) is 3.04. The Morgan fingerprint density at radius 2 is 2.14 bits per heavy atom. The van der Waals surface area contributed by atoms with Gasteiger partial charge in [0.2, 0.25) is 11.8 Å². The number of amides is 2. The fourth-order valence-electron chi connectivity index (χ4n) is 3.16. The molecular weight excluding hydrogens is 288 g/mol. The molecule has 2 fully saturated rings. The average molecular weight is 308 g/mol. The minimum absolute atomic E-state index is 0.124. The molecule has 0 spiro atoms. The maximum absolute atomic E-state index is 12.8. The summed E-state index contributed by atoms with van der Waals surface area (Å²) in [6.45, 7) is 2.53. The van der Waals surface area contributed by atoms with Gasteiger partial charge in [-0.1, -0.05) is 6.07 Å². The number of morpholine rings is 1. The molecule has 2 amide bonds. The van der Waals surface area contributed by atoms with E-state index in [9.17, 15) is 9.59 Å². The number of hydrogen-bond acceptors (Lipinski definition) is 4. The first-order valence-electron chi connectivity index (χ1n) is 7.34. The van der Waals surface area contributed by atoms with Crippen LogP contribution in [-0.2, 0) is 14.3 Å². The van der Waals surface area contributed by atoms with Gasteiger partial charge in [-0.25, -0.2) is 0 Å². The lowest BCUT2D eigenvalue weighted by molar-refractivity contribution is -0.149. The largest absolute Gasteiger partial charge is 0.378 e. The van der Waals surface area contributed by atoms with E-state index in [2.05, 4.69) is 0 Å². The van der Waals surface area contributed by atoms with Crippen LogP contribution in [0.15, 0.2) is 17.5 Å². The van der Waals surface area contributed by atoms with Crippen LogP contribution in [0.4, 0.5) is 0 Å². The van der Waals surface area contributed by atoms with E-state index < -0.39 is 0 Å². The van der Waals surface area contributed by atoms with Crippen LogP contribution in [0.3, 0.4) is 0 Å². The number of nitrogens with zero attached hydrogens (tertiary/aromatic N) is 2. The van der Waals surface area contributed by atoms with Gasteiger partial charge in [0.15, 0.2) is 0 Å². The third-order valence-corrected chi connectivity index (χ3v) is 5.28. The maximum Gasteiger partial charge on any atom is 0.228 e. The fraction of sp³-hybridized carbons (Fsp3) is 0.600. The smallest absolute Gasteiger partial charge is 0.228 e. The Morgan fingerprint density at radius 3 is 2.81 bits per heavy atom. The van der Waals surface area contributed by atoms with Crippen LogP contribution in [0.25, 0.3) is 0 Å². The Morgan fingerprint density at radius 1 is 1.38 bits per heavy atom. The lowest BCUT2D eigenvalue weighted by Gasteiger charge is -2.40. The Hall–Kier alpha value is -1.40. The molecule has 0 unspecified atom stereocenters. The van der Waals surface area contributed by atoms with Crippen LogP contribution in [-0.4, -0.2) is 55.0 Å². The molecule has 21 heavy (non-hydrogen) atoms. The highest BCUT2D eigenvalue weighted by atomic mass is 32.1. The maximum atomic E-state index is 12.8. The van der Waals surface area contributed by atoms with Gasteiger partial charge < -0.3 is 14.5 Å². The molecule has 3 heterocycles. The highest BCUT2D eigenvalue weighted by Crippen LogP contribution is 2.38. The van der Waals surface area contributed by atoms with Crippen molar-refractivity contribution in [2.24, 2.45) is 5.92 Å². The van der Waals surface area contributed by atoms with Gasteiger partial charge in [0.25, 0.3) is 0 Å². The minimum atomic E-state index is -0.135. The van der Waals surface area contributed by atoms with E-state index in [0.717, 1.165) is 4.88 Å². The van der Waals surface area contributed by atoms with Crippen molar-refractivity contribution in [1.29, 1.82) is 0 Å². The Balaban J connectivity index is 1.84. The summed E-state index contributed by atoms with van der Waals surface area (Å²) in [5.74, 6) is 0.153. The van der Waals surface area contributed by atoms with Crippen molar-refractivity contribution >= 4 is 23.2 Å². The normalized spacial score (nSPS) is 27.0. The van der Waals surface area contributed by atoms with Crippen molar-refractivity contribution in [2.45, 2.75) is 18.9 Å². The molecule has 0 bridgehead atoms. The molecule has 0 aromatic carbocycles. The van der Waals surface area contributed by atoms with Crippen LogP contribution >= 0.6 is 11.3 Å². The molecule has 3 rings (SSSR count). The van der Waals surface area contributed by atoms with Crippen molar-refractivity contribution in [3.63, 3.8) is 0 Å². The van der Waals surface area contributed by atoms with Gasteiger partial charge in [-0.3, -0.25) is 9.59 Å². The second-order valence-electron chi connectivity index (χ2n) is 5.55. The topological polar surface area (TPSA) is 49.9 Å². The summed E-state index contributed by atoms with van der Waals surface area (Å²) in [4.78, 5) is 29.6. The molecule has 1 aromatic heterocycles. The van der Waals surface area contributed by atoms with Crippen LogP contribution in [0, 0.1) is 5.92 Å². The third-order valence-electron chi connectivity index (χ3n) is 4.34. The molecule has 2 aliphatic rings. The first-order valence-corrected chi connectivity index (χ1v) is 8.22. The van der Waals surface area contributed by atoms with Crippen molar-refractivity contribution in [3.05, 3.63) is 22.4 Å². The quantitative estimate of drug-likeness (QED) is 0.832. The van der Waals surface area contributed by atoms with Gasteiger partial charge in [-0.15, -0.1) is 11.3 Å². The van der Waals surface area contributed by atoms with Gasteiger partial charge in [0.1, 0.15) is 0 Å². The number of rotatable bonds is 2. The van der Waals surface area contributed by atoms with Crippen molar-refractivity contribution in [2.75, 3.05) is 33.4 Å². The molecular formula is C15H20N2O3S. The molecule has 2 aliphatic heterocycles. The van der Waals surface area contributed by atoms with Gasteiger partial charge in [-0.05, 0) is 17.9 Å². The molecule has 5 nitrogen and oxygen atoms in total. The van der Waals surface area contributed by atoms with E-state index in [1.807, 2.05) is 29.5 Å². The van der Waals surface area contributed by atoms with E-state index in [4.69, 9.17) is 4.74 Å². The summed E-state index contributed by atoms with van der Waals surface area (Å²) in [6.07, 6.45) is 1.10. The molecule has 0 aliphatic carbocycles.